The monoisotopic (exact) mass is 395 g/mol. The first-order valence-corrected chi connectivity index (χ1v) is 10.2. The SMILES string of the molecule is Cc1ccc(CC(=O)N2CC[C@H](O)[C@](CCCc3ccccc3)(C(=O)O)C2)cc1. The van der Waals surface area contributed by atoms with Gasteiger partial charge in [0, 0.05) is 13.1 Å². The van der Waals surface area contributed by atoms with E-state index in [1.807, 2.05) is 61.5 Å². The van der Waals surface area contributed by atoms with Crippen molar-refractivity contribution in [3.8, 4) is 0 Å². The van der Waals surface area contributed by atoms with Crippen LogP contribution in [0.2, 0.25) is 0 Å². The maximum atomic E-state index is 12.8. The van der Waals surface area contributed by atoms with E-state index < -0.39 is 17.5 Å². The third-order valence-corrected chi connectivity index (χ3v) is 5.97. The number of aliphatic carboxylic acids is 1. The second-order valence-corrected chi connectivity index (χ2v) is 8.08. The third-order valence-electron chi connectivity index (χ3n) is 5.97. The normalized spacial score (nSPS) is 21.7. The fraction of sp³-hybridized carbons (Fsp3) is 0.417. The van der Waals surface area contributed by atoms with Crippen molar-refractivity contribution in [3.63, 3.8) is 0 Å². The predicted molar refractivity (Wildman–Crippen MR) is 112 cm³/mol. The predicted octanol–water partition coefficient (Wildman–Crippen LogP) is 3.22. The number of carbonyl (C=O) groups excluding carboxylic acids is 1. The average molecular weight is 395 g/mol. The van der Waals surface area contributed by atoms with Crippen molar-refractivity contribution in [2.75, 3.05) is 13.1 Å². The Morgan fingerprint density at radius 3 is 2.41 bits per heavy atom. The summed E-state index contributed by atoms with van der Waals surface area (Å²) in [6.07, 6.45) is 1.33. The largest absolute Gasteiger partial charge is 0.481 e. The van der Waals surface area contributed by atoms with E-state index in [2.05, 4.69) is 0 Å². The molecule has 154 valence electrons. The number of aliphatic hydroxyl groups is 1. The molecule has 0 aliphatic carbocycles. The van der Waals surface area contributed by atoms with Gasteiger partial charge in [-0.15, -0.1) is 0 Å². The van der Waals surface area contributed by atoms with Gasteiger partial charge in [0.1, 0.15) is 5.41 Å². The Hall–Kier alpha value is -2.66. The number of carboxylic acid groups (broad SMARTS) is 1. The second-order valence-electron chi connectivity index (χ2n) is 8.08. The third kappa shape index (κ3) is 5.04. The summed E-state index contributed by atoms with van der Waals surface area (Å²) in [6.45, 7) is 2.44. The van der Waals surface area contributed by atoms with Crippen LogP contribution in [0.15, 0.2) is 54.6 Å². The van der Waals surface area contributed by atoms with Crippen LogP contribution in [-0.2, 0) is 22.4 Å². The molecule has 5 nitrogen and oxygen atoms in total. The number of nitrogens with zero attached hydrogens (tertiary/aromatic N) is 1. The van der Waals surface area contributed by atoms with Gasteiger partial charge in [0.25, 0.3) is 0 Å². The Kier molecular flexibility index (Phi) is 6.70. The van der Waals surface area contributed by atoms with Crippen molar-refractivity contribution in [3.05, 3.63) is 71.3 Å². The van der Waals surface area contributed by atoms with Gasteiger partial charge in [-0.3, -0.25) is 9.59 Å². The molecule has 5 heteroatoms. The Morgan fingerprint density at radius 1 is 1.07 bits per heavy atom. The maximum Gasteiger partial charge on any atom is 0.314 e. The molecule has 2 N–H and O–H groups in total. The van der Waals surface area contributed by atoms with Crippen LogP contribution < -0.4 is 0 Å². The lowest BCUT2D eigenvalue weighted by atomic mass is 9.73. The van der Waals surface area contributed by atoms with Crippen LogP contribution in [0.5, 0.6) is 0 Å². The quantitative estimate of drug-likeness (QED) is 0.755. The molecule has 0 unspecified atom stereocenters. The lowest BCUT2D eigenvalue weighted by Crippen LogP contribution is -2.57. The summed E-state index contributed by atoms with van der Waals surface area (Å²) in [5.41, 5.74) is 1.88. The van der Waals surface area contributed by atoms with Gasteiger partial charge in [0.2, 0.25) is 5.91 Å². The molecule has 3 rings (SSSR count). The molecule has 1 fully saturated rings. The lowest BCUT2D eigenvalue weighted by molar-refractivity contribution is -0.166. The van der Waals surface area contributed by atoms with Crippen LogP contribution in [0.25, 0.3) is 0 Å². The maximum absolute atomic E-state index is 12.8. The fourth-order valence-corrected chi connectivity index (χ4v) is 4.10. The van der Waals surface area contributed by atoms with Crippen LogP contribution in [0.4, 0.5) is 0 Å². The molecule has 1 heterocycles. The van der Waals surface area contributed by atoms with E-state index in [9.17, 15) is 19.8 Å². The van der Waals surface area contributed by atoms with E-state index >= 15 is 0 Å². The zero-order valence-corrected chi connectivity index (χ0v) is 16.9. The Balaban J connectivity index is 1.67. The van der Waals surface area contributed by atoms with Crippen LogP contribution in [0.3, 0.4) is 0 Å². The topological polar surface area (TPSA) is 77.8 Å². The van der Waals surface area contributed by atoms with E-state index in [1.54, 1.807) is 4.90 Å². The number of amides is 1. The number of benzene rings is 2. The Bertz CT molecular complexity index is 834. The fourth-order valence-electron chi connectivity index (χ4n) is 4.10. The highest BCUT2D eigenvalue weighted by atomic mass is 16.4. The first-order valence-electron chi connectivity index (χ1n) is 10.2. The number of piperidine rings is 1. The molecule has 0 bridgehead atoms. The van der Waals surface area contributed by atoms with Gasteiger partial charge in [-0.1, -0.05) is 60.2 Å². The highest BCUT2D eigenvalue weighted by molar-refractivity contribution is 5.81. The number of aliphatic hydroxyl groups excluding tert-OH is 1. The average Bonchev–Trinajstić information content (AvgIpc) is 2.71. The van der Waals surface area contributed by atoms with Crippen LogP contribution in [-0.4, -0.2) is 46.2 Å². The van der Waals surface area contributed by atoms with E-state index in [0.29, 0.717) is 19.4 Å². The molecule has 1 saturated heterocycles. The van der Waals surface area contributed by atoms with Crippen molar-refractivity contribution in [2.24, 2.45) is 5.41 Å². The minimum absolute atomic E-state index is 0.0585. The van der Waals surface area contributed by atoms with Gasteiger partial charge in [-0.05, 0) is 43.7 Å². The first kappa shape index (κ1) is 21.1. The number of carboxylic acids is 1. The summed E-state index contributed by atoms with van der Waals surface area (Å²) >= 11 is 0. The van der Waals surface area contributed by atoms with Crippen molar-refractivity contribution >= 4 is 11.9 Å². The lowest BCUT2D eigenvalue weighted by Gasteiger charge is -2.43. The highest BCUT2D eigenvalue weighted by Crippen LogP contribution is 2.36. The Labute approximate surface area is 172 Å². The van der Waals surface area contributed by atoms with Gasteiger partial charge >= 0.3 is 5.97 Å². The molecule has 1 amide bonds. The number of carbonyl (C=O) groups is 2. The van der Waals surface area contributed by atoms with Crippen LogP contribution >= 0.6 is 0 Å². The number of aryl methyl sites for hydroxylation is 2. The molecule has 0 radical (unpaired) electrons. The molecule has 2 atom stereocenters. The van der Waals surface area contributed by atoms with Gasteiger partial charge in [-0.2, -0.15) is 0 Å². The van der Waals surface area contributed by atoms with Crippen molar-refractivity contribution in [1.82, 2.24) is 4.90 Å². The zero-order valence-electron chi connectivity index (χ0n) is 16.9. The molecule has 1 aliphatic heterocycles. The van der Waals surface area contributed by atoms with Gasteiger partial charge in [0.05, 0.1) is 12.5 Å². The molecule has 0 saturated carbocycles. The molecule has 0 aromatic heterocycles. The molecule has 29 heavy (non-hydrogen) atoms. The van der Waals surface area contributed by atoms with Gasteiger partial charge < -0.3 is 15.1 Å². The number of likely N-dealkylation sites (tertiary alicyclic amines) is 1. The smallest absolute Gasteiger partial charge is 0.314 e. The van der Waals surface area contributed by atoms with Crippen LogP contribution in [0, 0.1) is 12.3 Å². The Morgan fingerprint density at radius 2 is 1.76 bits per heavy atom. The van der Waals surface area contributed by atoms with Crippen LogP contribution in [0.1, 0.15) is 36.0 Å². The standard InChI is InChI=1S/C24H29NO4/c1-18-9-11-20(12-10-18)16-22(27)25-15-13-21(26)24(17-25,23(28)29)14-5-8-19-6-3-2-4-7-19/h2-4,6-7,9-12,21,26H,5,8,13-17H2,1H3,(H,28,29)/t21-,24+/m0/s1. The van der Waals surface area contributed by atoms with Crippen molar-refractivity contribution < 1.29 is 19.8 Å². The number of hydrogen-bond acceptors (Lipinski definition) is 3. The summed E-state index contributed by atoms with van der Waals surface area (Å²) in [5.74, 6) is -1.11. The summed E-state index contributed by atoms with van der Waals surface area (Å²) in [6, 6.07) is 17.7. The summed E-state index contributed by atoms with van der Waals surface area (Å²) in [4.78, 5) is 26.6. The van der Waals surface area contributed by atoms with E-state index in [4.69, 9.17) is 0 Å². The first-order chi connectivity index (χ1) is 13.9. The van der Waals surface area contributed by atoms with Crippen molar-refractivity contribution in [1.29, 1.82) is 0 Å². The molecule has 2 aromatic carbocycles. The number of hydrogen-bond donors (Lipinski definition) is 2. The molecular weight excluding hydrogens is 366 g/mol. The minimum atomic E-state index is -1.31. The molecule has 1 aliphatic rings. The summed E-state index contributed by atoms with van der Waals surface area (Å²) in [5, 5.41) is 20.6. The van der Waals surface area contributed by atoms with E-state index in [-0.39, 0.29) is 25.3 Å². The van der Waals surface area contributed by atoms with Crippen molar-refractivity contribution in [2.45, 2.75) is 45.1 Å². The molecular formula is C24H29NO4. The summed E-state index contributed by atoms with van der Waals surface area (Å²) < 4.78 is 0. The zero-order chi connectivity index (χ0) is 20.9. The minimum Gasteiger partial charge on any atom is -0.481 e. The molecule has 0 spiro atoms. The van der Waals surface area contributed by atoms with E-state index in [1.165, 1.54) is 0 Å². The second kappa shape index (κ2) is 9.23. The highest BCUT2D eigenvalue weighted by Gasteiger charge is 2.49. The molecule has 2 aromatic rings. The van der Waals surface area contributed by atoms with Gasteiger partial charge in [0.15, 0.2) is 0 Å². The van der Waals surface area contributed by atoms with Gasteiger partial charge in [-0.25, -0.2) is 0 Å². The number of rotatable bonds is 7. The summed E-state index contributed by atoms with van der Waals surface area (Å²) in [7, 11) is 0. The van der Waals surface area contributed by atoms with E-state index in [0.717, 1.165) is 23.1 Å².